The minimum absolute atomic E-state index is 0.0418. The van der Waals surface area contributed by atoms with E-state index in [4.69, 9.17) is 5.11 Å². The van der Waals surface area contributed by atoms with Gasteiger partial charge in [-0.05, 0) is 19.8 Å². The van der Waals surface area contributed by atoms with E-state index in [1.807, 2.05) is 20.8 Å². The molecule has 1 fully saturated rings. The third-order valence-corrected chi connectivity index (χ3v) is 2.80. The van der Waals surface area contributed by atoms with Crippen LogP contribution in [0.4, 0.5) is 0 Å². The third-order valence-electron chi connectivity index (χ3n) is 2.80. The van der Waals surface area contributed by atoms with E-state index in [0.29, 0.717) is 6.04 Å². The minimum Gasteiger partial charge on any atom is -0.394 e. The van der Waals surface area contributed by atoms with E-state index in [1.54, 1.807) is 4.90 Å². The number of piperidine rings is 1. The lowest BCUT2D eigenvalue weighted by atomic mass is 10.0. The largest absolute Gasteiger partial charge is 0.394 e. The molecule has 0 aromatic rings. The number of amides is 1. The lowest BCUT2D eigenvalue weighted by Gasteiger charge is -2.36. The van der Waals surface area contributed by atoms with Gasteiger partial charge in [-0.2, -0.15) is 0 Å². The number of hydrogen-bond donors (Lipinski definition) is 2. The summed E-state index contributed by atoms with van der Waals surface area (Å²) in [5.74, 6) is 0.136. The summed E-state index contributed by atoms with van der Waals surface area (Å²) in [6, 6.07) is 0.199. The van der Waals surface area contributed by atoms with Crippen molar-refractivity contribution >= 4 is 5.91 Å². The molecular weight excluding hydrogens is 192 g/mol. The summed E-state index contributed by atoms with van der Waals surface area (Å²) in [6.45, 7) is 6.79. The van der Waals surface area contributed by atoms with E-state index in [0.717, 1.165) is 19.4 Å². The molecule has 2 N–H and O–H groups in total. The van der Waals surface area contributed by atoms with Crippen LogP contribution in [-0.2, 0) is 4.79 Å². The zero-order valence-electron chi connectivity index (χ0n) is 9.86. The number of aliphatic hydroxyl groups is 1. The number of carbonyl (C=O) groups is 1. The summed E-state index contributed by atoms with van der Waals surface area (Å²) in [4.78, 5) is 13.8. The normalized spacial score (nSPS) is 24.7. The fourth-order valence-corrected chi connectivity index (χ4v) is 1.99. The monoisotopic (exact) mass is 214 g/mol. The van der Waals surface area contributed by atoms with Gasteiger partial charge in [0.15, 0.2) is 0 Å². The number of aliphatic hydroxyl groups excluding tert-OH is 1. The van der Waals surface area contributed by atoms with Crippen molar-refractivity contribution in [3.63, 3.8) is 0 Å². The van der Waals surface area contributed by atoms with Gasteiger partial charge >= 0.3 is 0 Å². The second-order valence-electron chi connectivity index (χ2n) is 4.58. The molecule has 1 heterocycles. The van der Waals surface area contributed by atoms with Gasteiger partial charge in [0.2, 0.25) is 5.91 Å². The predicted molar refractivity (Wildman–Crippen MR) is 59.6 cm³/mol. The first-order chi connectivity index (χ1) is 7.06. The Labute approximate surface area is 91.6 Å². The summed E-state index contributed by atoms with van der Waals surface area (Å²) < 4.78 is 0. The van der Waals surface area contributed by atoms with E-state index >= 15 is 0 Å². The molecule has 88 valence electrons. The topological polar surface area (TPSA) is 52.6 Å². The van der Waals surface area contributed by atoms with Crippen LogP contribution in [-0.4, -0.2) is 47.2 Å². The summed E-state index contributed by atoms with van der Waals surface area (Å²) >= 11 is 0. The average Bonchev–Trinajstić information content (AvgIpc) is 2.19. The minimum atomic E-state index is -0.0623. The van der Waals surface area contributed by atoms with E-state index in [9.17, 15) is 4.79 Å². The molecule has 1 rings (SSSR count). The molecule has 1 aliphatic rings. The van der Waals surface area contributed by atoms with Gasteiger partial charge < -0.3 is 15.3 Å². The quantitative estimate of drug-likeness (QED) is 0.710. The van der Waals surface area contributed by atoms with Crippen molar-refractivity contribution in [1.82, 2.24) is 10.2 Å². The number of carbonyl (C=O) groups excluding carboxylic acids is 1. The Kier molecular flexibility index (Phi) is 4.54. The van der Waals surface area contributed by atoms with Crippen molar-refractivity contribution in [3.8, 4) is 0 Å². The molecule has 1 aliphatic heterocycles. The molecule has 4 nitrogen and oxygen atoms in total. The standard InChI is InChI=1S/C11H22N2O2/c1-8(2)12-10-5-4-6-13(11(10)15)9(3)7-14/h8-10,12,14H,4-7H2,1-3H3. The third kappa shape index (κ3) is 3.18. The van der Waals surface area contributed by atoms with Gasteiger partial charge in [0.05, 0.1) is 18.7 Å². The highest BCUT2D eigenvalue weighted by atomic mass is 16.3. The van der Waals surface area contributed by atoms with Gasteiger partial charge in [-0.25, -0.2) is 0 Å². The molecule has 0 spiro atoms. The van der Waals surface area contributed by atoms with Crippen molar-refractivity contribution in [1.29, 1.82) is 0 Å². The zero-order valence-corrected chi connectivity index (χ0v) is 9.86. The Morgan fingerprint density at radius 3 is 2.73 bits per heavy atom. The zero-order chi connectivity index (χ0) is 11.4. The smallest absolute Gasteiger partial charge is 0.240 e. The molecule has 15 heavy (non-hydrogen) atoms. The van der Waals surface area contributed by atoms with Crippen LogP contribution in [0, 0.1) is 0 Å². The molecule has 0 saturated carbocycles. The number of rotatable bonds is 4. The Hall–Kier alpha value is -0.610. The first-order valence-electron chi connectivity index (χ1n) is 5.73. The first kappa shape index (κ1) is 12.5. The fourth-order valence-electron chi connectivity index (χ4n) is 1.99. The van der Waals surface area contributed by atoms with Crippen LogP contribution >= 0.6 is 0 Å². The second-order valence-corrected chi connectivity index (χ2v) is 4.58. The van der Waals surface area contributed by atoms with E-state index in [2.05, 4.69) is 5.32 Å². The van der Waals surface area contributed by atoms with E-state index in [1.165, 1.54) is 0 Å². The maximum Gasteiger partial charge on any atom is 0.240 e. The highest BCUT2D eigenvalue weighted by Crippen LogP contribution is 2.14. The maximum absolute atomic E-state index is 12.0. The molecule has 0 aliphatic carbocycles. The number of nitrogens with zero attached hydrogens (tertiary/aromatic N) is 1. The molecule has 0 aromatic heterocycles. The van der Waals surface area contributed by atoms with Crippen LogP contribution in [0.3, 0.4) is 0 Å². The predicted octanol–water partition coefficient (Wildman–Crippen LogP) is 0.356. The van der Waals surface area contributed by atoms with E-state index < -0.39 is 0 Å². The Bertz CT molecular complexity index is 219. The van der Waals surface area contributed by atoms with Crippen molar-refractivity contribution in [2.24, 2.45) is 0 Å². The molecule has 0 bridgehead atoms. The molecule has 0 aromatic carbocycles. The lowest BCUT2D eigenvalue weighted by molar-refractivity contribution is -0.139. The SMILES string of the molecule is CC(C)NC1CCCN(C(C)CO)C1=O. The number of hydrogen-bond acceptors (Lipinski definition) is 3. The molecular formula is C11H22N2O2. The average molecular weight is 214 g/mol. The van der Waals surface area contributed by atoms with Crippen molar-refractivity contribution in [3.05, 3.63) is 0 Å². The van der Waals surface area contributed by atoms with Crippen LogP contribution in [0.15, 0.2) is 0 Å². The highest BCUT2D eigenvalue weighted by molar-refractivity contribution is 5.82. The van der Waals surface area contributed by atoms with Gasteiger partial charge in [0.1, 0.15) is 0 Å². The lowest BCUT2D eigenvalue weighted by Crippen LogP contribution is -2.55. The number of likely N-dealkylation sites (tertiary alicyclic amines) is 1. The summed E-state index contributed by atoms with van der Waals surface area (Å²) in [7, 11) is 0. The first-order valence-corrected chi connectivity index (χ1v) is 5.73. The highest BCUT2D eigenvalue weighted by Gasteiger charge is 2.31. The van der Waals surface area contributed by atoms with Crippen LogP contribution in [0.1, 0.15) is 33.6 Å². The van der Waals surface area contributed by atoms with Crippen LogP contribution < -0.4 is 5.32 Å². The van der Waals surface area contributed by atoms with Crippen LogP contribution in [0.25, 0.3) is 0 Å². The Morgan fingerprint density at radius 1 is 1.53 bits per heavy atom. The van der Waals surface area contributed by atoms with Gasteiger partial charge in [-0.3, -0.25) is 4.79 Å². The molecule has 1 saturated heterocycles. The summed E-state index contributed by atoms with van der Waals surface area (Å²) in [5.41, 5.74) is 0. The Morgan fingerprint density at radius 2 is 2.20 bits per heavy atom. The van der Waals surface area contributed by atoms with Crippen molar-refractivity contribution in [2.75, 3.05) is 13.2 Å². The van der Waals surface area contributed by atoms with Crippen LogP contribution in [0.2, 0.25) is 0 Å². The van der Waals surface area contributed by atoms with Gasteiger partial charge in [0, 0.05) is 12.6 Å². The Balaban J connectivity index is 2.58. The van der Waals surface area contributed by atoms with Crippen LogP contribution in [0.5, 0.6) is 0 Å². The van der Waals surface area contributed by atoms with Gasteiger partial charge in [-0.1, -0.05) is 13.8 Å². The molecule has 4 heteroatoms. The molecule has 2 unspecified atom stereocenters. The molecule has 1 amide bonds. The molecule has 0 radical (unpaired) electrons. The summed E-state index contributed by atoms with van der Waals surface area (Å²) in [5, 5.41) is 12.3. The number of nitrogens with one attached hydrogen (secondary N) is 1. The van der Waals surface area contributed by atoms with E-state index in [-0.39, 0.29) is 24.6 Å². The molecule has 2 atom stereocenters. The van der Waals surface area contributed by atoms with Crippen molar-refractivity contribution in [2.45, 2.75) is 51.7 Å². The maximum atomic E-state index is 12.0. The second kappa shape index (κ2) is 5.47. The van der Waals surface area contributed by atoms with Crippen molar-refractivity contribution < 1.29 is 9.90 Å². The summed E-state index contributed by atoms with van der Waals surface area (Å²) in [6.07, 6.45) is 1.92. The fraction of sp³-hybridized carbons (Fsp3) is 0.909. The van der Waals surface area contributed by atoms with Gasteiger partial charge in [-0.15, -0.1) is 0 Å². The van der Waals surface area contributed by atoms with Gasteiger partial charge in [0.25, 0.3) is 0 Å².